The van der Waals surface area contributed by atoms with Crippen molar-refractivity contribution in [1.82, 2.24) is 19.6 Å². The van der Waals surface area contributed by atoms with E-state index in [1.165, 1.54) is 62.8 Å². The molecule has 4 unspecified atom stereocenters. The van der Waals surface area contributed by atoms with Crippen LogP contribution in [0.2, 0.25) is 0 Å². The monoisotopic (exact) mass is 1090 g/mol. The van der Waals surface area contributed by atoms with Crippen LogP contribution in [-0.2, 0) is 60.7 Å². The molecular weight excluding hydrogens is 1010 g/mol. The summed E-state index contributed by atoms with van der Waals surface area (Å²) in [7, 11) is 2.93. The van der Waals surface area contributed by atoms with E-state index in [4.69, 9.17) is 37.9 Å². The fourth-order valence-corrected chi connectivity index (χ4v) is 10.2. The third kappa shape index (κ3) is 16.0. The Balaban J connectivity index is 1.00. The molecule has 0 spiro atoms. The number of aliphatic hydroxyl groups excluding tert-OH is 2. The van der Waals surface area contributed by atoms with Gasteiger partial charge in [-0.05, 0) is 98.2 Å². The summed E-state index contributed by atoms with van der Waals surface area (Å²) >= 11 is 0. The number of carbonyl (C=O) groups excluding carboxylic acids is 4. The highest BCUT2D eigenvalue weighted by atomic mass is 19.1. The first-order chi connectivity index (χ1) is 37.8. The molecule has 8 rings (SSSR count). The van der Waals surface area contributed by atoms with Crippen molar-refractivity contribution in [3.05, 3.63) is 131 Å². The standard InChI is InChI=1S/C58H72F2N4O14/c1-71-47-17-9-41(10-18-47)53(55(67)63(37-39-5-13-43(59)14-6-39)45-21-27-61(28-22-45)31-25-49-73-33-3-34-74-49)77-57(69)51(65)52(66)58(70)78-54(42-11-19-48(72-2)20-12-42)56(68)64(38-40-7-15-44(60)16-8-40)46-23-29-62(30-24-46)32-26-50-75-35-4-36-76-50/h5-20,45-46,49-54,65-66H,3-4,21-38H2,1-2H3. The molecular formula is C58H72F2N4O14. The lowest BCUT2D eigenvalue weighted by Gasteiger charge is -2.40. The quantitative estimate of drug-likeness (QED) is 0.0838. The van der Waals surface area contributed by atoms with Gasteiger partial charge in [0.1, 0.15) is 23.1 Å². The van der Waals surface area contributed by atoms with Crippen LogP contribution in [-0.4, -0.2) is 170 Å². The van der Waals surface area contributed by atoms with Crippen molar-refractivity contribution < 1.29 is 76.1 Å². The molecule has 0 saturated carbocycles. The number of nitrogens with zero attached hydrogens (tertiary/aromatic N) is 4. The number of hydrogen-bond donors (Lipinski definition) is 2. The van der Waals surface area contributed by atoms with Gasteiger partial charge in [0.15, 0.2) is 24.8 Å². The van der Waals surface area contributed by atoms with Gasteiger partial charge < -0.3 is 67.7 Å². The van der Waals surface area contributed by atoms with Crippen LogP contribution in [0, 0.1) is 11.6 Å². The van der Waals surface area contributed by atoms with Gasteiger partial charge in [-0.3, -0.25) is 9.59 Å². The van der Waals surface area contributed by atoms with Gasteiger partial charge in [0.2, 0.25) is 12.2 Å². The minimum Gasteiger partial charge on any atom is -0.497 e. The van der Waals surface area contributed by atoms with E-state index in [2.05, 4.69) is 9.80 Å². The fraction of sp³-hybridized carbons (Fsp3) is 0.517. The van der Waals surface area contributed by atoms with Gasteiger partial charge in [-0.2, -0.15) is 0 Å². The zero-order valence-corrected chi connectivity index (χ0v) is 44.3. The zero-order chi connectivity index (χ0) is 55.0. The van der Waals surface area contributed by atoms with Crippen LogP contribution in [0.4, 0.5) is 8.78 Å². The van der Waals surface area contributed by atoms with Crippen LogP contribution in [0.5, 0.6) is 11.5 Å². The molecule has 0 aliphatic carbocycles. The highest BCUT2D eigenvalue weighted by molar-refractivity contribution is 5.91. The molecule has 78 heavy (non-hydrogen) atoms. The Hall–Kier alpha value is -6.10. The highest BCUT2D eigenvalue weighted by Gasteiger charge is 2.42. The summed E-state index contributed by atoms with van der Waals surface area (Å²) in [5, 5.41) is 23.0. The minimum atomic E-state index is -2.60. The van der Waals surface area contributed by atoms with Crippen LogP contribution < -0.4 is 9.47 Å². The predicted molar refractivity (Wildman–Crippen MR) is 278 cm³/mol. The number of benzene rings is 4. The first-order valence-corrected chi connectivity index (χ1v) is 26.9. The van der Waals surface area contributed by atoms with Crippen LogP contribution in [0.15, 0.2) is 97.1 Å². The van der Waals surface area contributed by atoms with E-state index in [1.54, 1.807) is 58.3 Å². The molecule has 4 aliphatic rings. The molecule has 18 nitrogen and oxygen atoms in total. The van der Waals surface area contributed by atoms with E-state index < -0.39 is 59.8 Å². The summed E-state index contributed by atoms with van der Waals surface area (Å²) in [4.78, 5) is 66.2. The van der Waals surface area contributed by atoms with Gasteiger partial charge in [-0.15, -0.1) is 0 Å². The van der Waals surface area contributed by atoms with Gasteiger partial charge in [0.25, 0.3) is 11.8 Å². The Morgan fingerprint density at radius 1 is 0.538 bits per heavy atom. The lowest BCUT2D eigenvalue weighted by atomic mass is 9.99. The van der Waals surface area contributed by atoms with E-state index in [1.807, 2.05) is 0 Å². The molecule has 4 aromatic carbocycles. The second-order valence-electron chi connectivity index (χ2n) is 20.0. The maximum absolute atomic E-state index is 15.1. The third-order valence-corrected chi connectivity index (χ3v) is 14.8. The van der Waals surface area contributed by atoms with Crippen molar-refractivity contribution in [2.24, 2.45) is 0 Å². The SMILES string of the molecule is COc1ccc(C(OC(=O)C(O)C(O)C(=O)OC(C(=O)N(Cc2ccc(F)cc2)C2CCN(CCC3OCCCO3)CC2)c2ccc(OC)cc2)C(=O)N(Cc2ccc(F)cc2)C2CCN(CCC3OCCCO3)CC2)cc1. The summed E-state index contributed by atoms with van der Waals surface area (Å²) in [5.41, 5.74) is 1.60. The Labute approximate surface area is 454 Å². The van der Waals surface area contributed by atoms with E-state index >= 15 is 9.59 Å². The van der Waals surface area contributed by atoms with Crippen LogP contribution in [0.25, 0.3) is 0 Å². The van der Waals surface area contributed by atoms with Gasteiger partial charge >= 0.3 is 11.9 Å². The molecule has 20 heteroatoms. The third-order valence-electron chi connectivity index (χ3n) is 14.8. The Bertz CT molecular complexity index is 2340. The first-order valence-electron chi connectivity index (χ1n) is 26.9. The van der Waals surface area contributed by atoms with Crippen LogP contribution in [0.3, 0.4) is 0 Å². The number of methoxy groups -OCH3 is 2. The summed E-state index contributed by atoms with van der Waals surface area (Å²) in [6.07, 6.45) is -3.98. The van der Waals surface area contributed by atoms with E-state index in [0.29, 0.717) is 127 Å². The molecule has 4 aliphatic heterocycles. The van der Waals surface area contributed by atoms with Gasteiger partial charge in [0, 0.05) is 88.4 Å². The molecule has 4 saturated heterocycles. The summed E-state index contributed by atoms with van der Waals surface area (Å²) < 4.78 is 73.7. The smallest absolute Gasteiger partial charge is 0.339 e. The van der Waals surface area contributed by atoms with Gasteiger partial charge in [-0.1, -0.05) is 48.5 Å². The molecule has 2 amide bonds. The molecule has 0 radical (unpaired) electrons. The number of carbonyl (C=O) groups is 4. The number of piperidine rings is 2. The van der Waals surface area contributed by atoms with Crippen molar-refractivity contribution >= 4 is 23.8 Å². The Kier molecular flexibility index (Phi) is 21.3. The summed E-state index contributed by atoms with van der Waals surface area (Å²) in [6, 6.07) is 23.0. The van der Waals surface area contributed by atoms with Crippen LogP contribution in [0.1, 0.15) is 85.8 Å². The predicted octanol–water partition coefficient (Wildman–Crippen LogP) is 5.87. The van der Waals surface area contributed by atoms with Crippen molar-refractivity contribution in [2.75, 3.05) is 79.9 Å². The average Bonchev–Trinajstić information content (AvgIpc) is 3.55. The second kappa shape index (κ2) is 28.7. The Morgan fingerprint density at radius 3 is 1.19 bits per heavy atom. The number of rotatable bonds is 23. The number of aliphatic hydroxyl groups is 2. The van der Waals surface area contributed by atoms with E-state index in [9.17, 15) is 28.6 Å². The van der Waals surface area contributed by atoms with Crippen molar-refractivity contribution in [3.63, 3.8) is 0 Å². The number of amides is 2. The minimum absolute atomic E-state index is 0.0125. The van der Waals surface area contributed by atoms with Crippen molar-refractivity contribution in [1.29, 1.82) is 0 Å². The van der Waals surface area contributed by atoms with Gasteiger partial charge in [0.05, 0.1) is 40.6 Å². The molecule has 4 fully saturated rings. The molecule has 4 aromatic rings. The average molecular weight is 1090 g/mol. The van der Waals surface area contributed by atoms with Crippen molar-refractivity contribution in [2.45, 2.75) is 114 Å². The number of likely N-dealkylation sites (tertiary alicyclic amines) is 2. The molecule has 0 aromatic heterocycles. The van der Waals surface area contributed by atoms with E-state index in [-0.39, 0.29) is 48.9 Å². The number of hydrogen-bond acceptors (Lipinski definition) is 16. The topological polar surface area (TPSA) is 196 Å². The highest BCUT2D eigenvalue weighted by Crippen LogP contribution is 2.32. The summed E-state index contributed by atoms with van der Waals surface area (Å²) in [5.74, 6) is -4.45. The fourth-order valence-electron chi connectivity index (χ4n) is 10.2. The normalized spacial score (nSPS) is 19.0. The molecule has 4 atom stereocenters. The first kappa shape index (κ1) is 58.1. The Morgan fingerprint density at radius 2 is 0.872 bits per heavy atom. The van der Waals surface area contributed by atoms with Crippen LogP contribution >= 0.6 is 0 Å². The lowest BCUT2D eigenvalue weighted by Crippen LogP contribution is -2.50. The lowest BCUT2D eigenvalue weighted by molar-refractivity contribution is -0.185. The van der Waals surface area contributed by atoms with Gasteiger partial charge in [-0.25, -0.2) is 18.4 Å². The summed E-state index contributed by atoms with van der Waals surface area (Å²) in [6.45, 7) is 6.55. The maximum atomic E-state index is 15.1. The number of ether oxygens (including phenoxy) is 8. The molecule has 422 valence electrons. The number of halogens is 2. The number of esters is 2. The second-order valence-corrected chi connectivity index (χ2v) is 20.0. The van der Waals surface area contributed by atoms with Crippen molar-refractivity contribution in [3.8, 4) is 11.5 Å². The zero-order valence-electron chi connectivity index (χ0n) is 44.3. The maximum Gasteiger partial charge on any atom is 0.339 e. The largest absolute Gasteiger partial charge is 0.497 e. The molecule has 2 N–H and O–H groups in total. The molecule has 4 heterocycles. The van der Waals surface area contributed by atoms with E-state index in [0.717, 1.165) is 12.8 Å². The molecule has 0 bridgehead atoms.